The Morgan fingerprint density at radius 1 is 0.536 bits per heavy atom. The van der Waals surface area contributed by atoms with Gasteiger partial charge >= 0.3 is 174 Å². The van der Waals surface area contributed by atoms with Crippen LogP contribution in [0.5, 0.6) is 0 Å². The van der Waals surface area contributed by atoms with Crippen molar-refractivity contribution in [2.45, 2.75) is 20.8 Å². The summed E-state index contributed by atoms with van der Waals surface area (Å²) in [6.45, 7) is 4.70. The molecule has 3 rings (SSSR count). The zero-order valence-electron chi connectivity index (χ0n) is 16.1. The molecule has 0 unspecified atom stereocenters. The predicted molar refractivity (Wildman–Crippen MR) is 114 cm³/mol. The summed E-state index contributed by atoms with van der Waals surface area (Å²) in [7, 11) is 0. The fourth-order valence-corrected chi connectivity index (χ4v) is 12.4. The molecule has 0 aromatic heterocycles. The number of ketones is 3. The first-order valence-corrected chi connectivity index (χ1v) is 14.2. The average molecular weight is 566 g/mol. The molecule has 0 aliphatic heterocycles. The van der Waals surface area contributed by atoms with Crippen LogP contribution in [0.15, 0.2) is 72.8 Å². The van der Waals surface area contributed by atoms with Gasteiger partial charge in [0.15, 0.2) is 0 Å². The number of rotatable bonds is 6. The molecule has 3 aromatic carbocycles. The third kappa shape index (κ3) is 4.51. The van der Waals surface area contributed by atoms with Crippen LogP contribution in [0.3, 0.4) is 0 Å². The molecule has 0 saturated heterocycles. The number of hydrogen-bond donors (Lipinski definition) is 0. The first-order chi connectivity index (χ1) is 13.4. The van der Waals surface area contributed by atoms with Crippen LogP contribution in [0.25, 0.3) is 0 Å². The van der Waals surface area contributed by atoms with E-state index >= 15 is 0 Å². The fraction of sp³-hybridized carbons (Fsp3) is 0.125. The van der Waals surface area contributed by atoms with Gasteiger partial charge in [0.2, 0.25) is 0 Å². The Kier molecular flexibility index (Phi) is 6.31. The summed E-state index contributed by atoms with van der Waals surface area (Å²) >= 11 is -2.80. The molecule has 0 fully saturated rings. The molecule has 140 valence electrons. The normalized spacial score (nSPS) is 10.7. The minimum absolute atomic E-state index is 0.0285. The molecule has 0 N–H and O–H groups in total. The van der Waals surface area contributed by atoms with Gasteiger partial charge in [0.05, 0.1) is 0 Å². The van der Waals surface area contributed by atoms with E-state index in [0.717, 1.165) is 9.81 Å². The molecule has 0 radical (unpaired) electrons. The summed E-state index contributed by atoms with van der Waals surface area (Å²) in [5, 5.41) is 0. The SMILES string of the molecule is CC(=O)c1ccc[c]([Bi]([c]2cccc(C(C)=O)c2)[c]2cccc(C(C)=O)c2)c1. The van der Waals surface area contributed by atoms with Crippen molar-refractivity contribution in [2.75, 3.05) is 0 Å². The van der Waals surface area contributed by atoms with E-state index in [4.69, 9.17) is 0 Å². The van der Waals surface area contributed by atoms with Crippen LogP contribution in [-0.2, 0) is 0 Å². The van der Waals surface area contributed by atoms with E-state index in [9.17, 15) is 14.4 Å². The molecule has 0 atom stereocenters. The fourth-order valence-electron chi connectivity index (χ4n) is 3.04. The van der Waals surface area contributed by atoms with Crippen molar-refractivity contribution in [1.82, 2.24) is 0 Å². The van der Waals surface area contributed by atoms with Gasteiger partial charge in [-0.05, 0) is 0 Å². The average Bonchev–Trinajstić information content (AvgIpc) is 2.69. The Labute approximate surface area is 173 Å². The Bertz CT molecular complexity index is 932. The van der Waals surface area contributed by atoms with Crippen molar-refractivity contribution < 1.29 is 14.4 Å². The number of hydrogen-bond acceptors (Lipinski definition) is 3. The van der Waals surface area contributed by atoms with Crippen molar-refractivity contribution in [3.63, 3.8) is 0 Å². The molecule has 0 aliphatic carbocycles. The van der Waals surface area contributed by atoms with Crippen molar-refractivity contribution >= 4 is 48.9 Å². The van der Waals surface area contributed by atoms with Crippen LogP contribution in [0.2, 0.25) is 0 Å². The van der Waals surface area contributed by atoms with Gasteiger partial charge in [0, 0.05) is 0 Å². The Morgan fingerprint density at radius 3 is 1.07 bits per heavy atom. The van der Waals surface area contributed by atoms with Gasteiger partial charge in [-0.25, -0.2) is 0 Å². The summed E-state index contributed by atoms with van der Waals surface area (Å²) < 4.78 is 3.43. The second kappa shape index (κ2) is 8.71. The number of carbonyl (C=O) groups is 3. The standard InChI is InChI=1S/3C8H7O.Bi/c3*1-7(9)8-5-3-2-4-6-8;/h3*2-3,5-6H,1H3;. The third-order valence-electron chi connectivity index (χ3n) is 4.53. The number of carbonyl (C=O) groups excluding carboxylic acids is 3. The predicted octanol–water partition coefficient (Wildman–Crippen LogP) is 2.81. The van der Waals surface area contributed by atoms with Gasteiger partial charge in [-0.3, -0.25) is 0 Å². The molecule has 3 aromatic rings. The van der Waals surface area contributed by atoms with Crippen LogP contribution in [0, 0.1) is 0 Å². The van der Waals surface area contributed by atoms with E-state index in [1.54, 1.807) is 20.8 Å². The van der Waals surface area contributed by atoms with E-state index in [1.165, 1.54) is 0 Å². The molecule has 0 bridgehead atoms. The van der Waals surface area contributed by atoms with Gasteiger partial charge in [-0.1, -0.05) is 0 Å². The Morgan fingerprint density at radius 2 is 0.821 bits per heavy atom. The van der Waals surface area contributed by atoms with Crippen LogP contribution in [0.1, 0.15) is 51.8 Å². The Hall–Kier alpha value is -2.45. The molecule has 28 heavy (non-hydrogen) atoms. The molecule has 0 saturated carbocycles. The molecule has 0 heterocycles. The second-order valence-corrected chi connectivity index (χ2v) is 15.3. The van der Waals surface area contributed by atoms with E-state index in [0.29, 0.717) is 16.7 Å². The van der Waals surface area contributed by atoms with E-state index in [1.807, 2.05) is 54.6 Å². The summed E-state index contributed by atoms with van der Waals surface area (Å²) in [4.78, 5) is 35.7. The van der Waals surface area contributed by atoms with Gasteiger partial charge < -0.3 is 0 Å². The van der Waals surface area contributed by atoms with E-state index in [-0.39, 0.29) is 17.3 Å². The maximum atomic E-state index is 11.9. The first-order valence-electron chi connectivity index (χ1n) is 9.00. The summed E-state index contributed by atoms with van der Waals surface area (Å²) in [6.07, 6.45) is 0. The molecule has 0 amide bonds. The quantitative estimate of drug-likeness (QED) is 0.341. The van der Waals surface area contributed by atoms with Crippen molar-refractivity contribution in [3.05, 3.63) is 89.5 Å². The molecule has 4 heteroatoms. The van der Waals surface area contributed by atoms with Crippen LogP contribution >= 0.6 is 0 Å². The molecular weight excluding hydrogens is 545 g/mol. The van der Waals surface area contributed by atoms with Gasteiger partial charge in [-0.2, -0.15) is 0 Å². The van der Waals surface area contributed by atoms with Crippen LogP contribution in [-0.4, -0.2) is 39.1 Å². The summed E-state index contributed by atoms with van der Waals surface area (Å²) in [5.41, 5.74) is 2.05. The Balaban J connectivity index is 2.22. The molecule has 3 nitrogen and oxygen atoms in total. The number of Topliss-reactive ketones (excluding diaryl/α,β-unsaturated/α-hetero) is 3. The van der Waals surface area contributed by atoms with E-state index < -0.39 is 21.8 Å². The van der Waals surface area contributed by atoms with Gasteiger partial charge in [-0.15, -0.1) is 0 Å². The van der Waals surface area contributed by atoms with Crippen molar-refractivity contribution in [1.29, 1.82) is 0 Å². The van der Waals surface area contributed by atoms with Gasteiger partial charge in [0.25, 0.3) is 0 Å². The van der Waals surface area contributed by atoms with Gasteiger partial charge in [0.1, 0.15) is 0 Å². The summed E-state index contributed by atoms with van der Waals surface area (Å²) in [5.74, 6) is 0.0855. The monoisotopic (exact) mass is 566 g/mol. The zero-order valence-corrected chi connectivity index (χ0v) is 19.6. The molecular formula is C24H21BiO3. The number of benzene rings is 3. The van der Waals surface area contributed by atoms with E-state index in [2.05, 4.69) is 18.2 Å². The van der Waals surface area contributed by atoms with Crippen LogP contribution < -0.4 is 9.81 Å². The maximum absolute atomic E-state index is 11.9. The summed E-state index contributed by atoms with van der Waals surface area (Å²) in [6, 6.07) is 23.3. The second-order valence-electron chi connectivity index (χ2n) is 6.65. The minimum atomic E-state index is -2.80. The van der Waals surface area contributed by atoms with Crippen molar-refractivity contribution in [2.24, 2.45) is 0 Å². The third-order valence-corrected chi connectivity index (χ3v) is 13.8. The molecule has 0 spiro atoms. The van der Waals surface area contributed by atoms with Crippen molar-refractivity contribution in [3.8, 4) is 0 Å². The zero-order chi connectivity index (χ0) is 20.3. The van der Waals surface area contributed by atoms with Crippen LogP contribution in [0.4, 0.5) is 0 Å². The molecule has 0 aliphatic rings. The topological polar surface area (TPSA) is 51.2 Å². The first kappa shape index (κ1) is 20.3.